The van der Waals surface area contributed by atoms with Gasteiger partial charge in [0.15, 0.2) is 6.29 Å². The normalized spacial score (nSPS) is 24.9. The van der Waals surface area contributed by atoms with Gasteiger partial charge < -0.3 is 50.5 Å². The summed E-state index contributed by atoms with van der Waals surface area (Å²) in [5.41, 5.74) is 0. The molecule has 1 aliphatic rings. The smallest absolute Gasteiger partial charge is 0.249 e. The fraction of sp³-hybridized carbons (Fsp3) is 0.912. The molecule has 11 nitrogen and oxygen atoms in total. The van der Waals surface area contributed by atoms with Crippen molar-refractivity contribution in [3.8, 4) is 0 Å². The van der Waals surface area contributed by atoms with Crippen LogP contribution >= 0.6 is 0 Å². The fourth-order valence-corrected chi connectivity index (χ4v) is 5.50. The molecule has 9 atom stereocenters. The first kappa shape index (κ1) is 41.9. The third kappa shape index (κ3) is 17.5. The summed E-state index contributed by atoms with van der Waals surface area (Å²) in [6.45, 7) is 3.30. The number of aliphatic hydroxyl groups excluding tert-OH is 7. The summed E-state index contributed by atoms with van der Waals surface area (Å²) in [5, 5.41) is 74.7. The lowest BCUT2D eigenvalue weighted by Gasteiger charge is -2.40. The predicted molar refractivity (Wildman–Crippen MR) is 173 cm³/mol. The maximum absolute atomic E-state index is 12.9. The van der Waals surface area contributed by atoms with Gasteiger partial charge in [-0.05, 0) is 38.5 Å². The van der Waals surface area contributed by atoms with Gasteiger partial charge in [0.05, 0.1) is 25.4 Å². The highest BCUT2D eigenvalue weighted by Crippen LogP contribution is 2.23. The van der Waals surface area contributed by atoms with Crippen LogP contribution in [-0.4, -0.2) is 110 Å². The van der Waals surface area contributed by atoms with E-state index in [9.17, 15) is 40.5 Å². The summed E-state index contributed by atoms with van der Waals surface area (Å²) in [4.78, 5) is 12.9. The Labute approximate surface area is 271 Å². The summed E-state index contributed by atoms with van der Waals surface area (Å²) in [5.74, 6) is -0.714. The molecule has 1 amide bonds. The number of amides is 1. The average Bonchev–Trinajstić information content (AvgIpc) is 3.04. The molecule has 0 aromatic carbocycles. The molecule has 0 aromatic rings. The van der Waals surface area contributed by atoms with Gasteiger partial charge in [0, 0.05) is 0 Å². The lowest BCUT2D eigenvalue weighted by atomic mass is 9.98. The minimum atomic E-state index is -1.66. The number of allylic oxidation sites excluding steroid dienone is 2. The molecule has 0 bridgehead atoms. The van der Waals surface area contributed by atoms with Gasteiger partial charge in [0.25, 0.3) is 0 Å². The molecule has 0 aromatic heterocycles. The van der Waals surface area contributed by atoms with E-state index in [-0.39, 0.29) is 12.8 Å². The summed E-state index contributed by atoms with van der Waals surface area (Å²) in [6.07, 6.45) is 10.2. The van der Waals surface area contributed by atoms with Crippen LogP contribution in [0.5, 0.6) is 0 Å². The molecule has 0 saturated carbocycles. The van der Waals surface area contributed by atoms with Gasteiger partial charge in [-0.1, -0.05) is 103 Å². The van der Waals surface area contributed by atoms with Crippen LogP contribution in [0.15, 0.2) is 12.2 Å². The van der Waals surface area contributed by atoms with E-state index in [1.165, 1.54) is 51.4 Å². The first-order valence-corrected chi connectivity index (χ1v) is 17.6. The molecule has 1 fully saturated rings. The van der Waals surface area contributed by atoms with Crippen molar-refractivity contribution < 1.29 is 50.0 Å². The van der Waals surface area contributed by atoms with Gasteiger partial charge in [-0.15, -0.1) is 0 Å². The Morgan fingerprint density at radius 3 is 1.91 bits per heavy atom. The third-order valence-corrected chi connectivity index (χ3v) is 8.57. The molecule has 266 valence electrons. The number of nitrogens with one attached hydrogen (secondary N) is 1. The van der Waals surface area contributed by atoms with Crippen LogP contribution in [-0.2, 0) is 14.3 Å². The van der Waals surface area contributed by atoms with E-state index >= 15 is 0 Å². The molecule has 1 heterocycles. The molecule has 0 radical (unpaired) electrons. The standard InChI is InChI=1S/C34H65NO10/c1-3-5-7-9-11-13-14-16-17-19-21-26(37)29(39)25(24-44-34-32(42)31(41)30(40)28(23-36)45-34)35-33(43)27(38)22-20-18-15-12-10-8-6-4-2/h14,16,25-32,34,36-42H,3-13,15,17-24H2,1-2H3,(H,35,43)/b16-14+. The number of carbonyl (C=O) groups excluding carboxylic acids is 1. The van der Waals surface area contributed by atoms with Crippen molar-refractivity contribution in [1.82, 2.24) is 5.32 Å². The van der Waals surface area contributed by atoms with E-state index < -0.39 is 74.2 Å². The van der Waals surface area contributed by atoms with Crippen LogP contribution in [0.1, 0.15) is 129 Å². The topological polar surface area (TPSA) is 189 Å². The second-order valence-corrected chi connectivity index (χ2v) is 12.6. The molecule has 1 rings (SSSR count). The molecule has 45 heavy (non-hydrogen) atoms. The minimum Gasteiger partial charge on any atom is -0.394 e. The lowest BCUT2D eigenvalue weighted by molar-refractivity contribution is -0.303. The minimum absolute atomic E-state index is 0.255. The van der Waals surface area contributed by atoms with E-state index in [1.807, 2.05) is 0 Å². The third-order valence-electron chi connectivity index (χ3n) is 8.57. The largest absolute Gasteiger partial charge is 0.394 e. The highest BCUT2D eigenvalue weighted by molar-refractivity contribution is 5.80. The van der Waals surface area contributed by atoms with Crippen LogP contribution in [0.2, 0.25) is 0 Å². The second-order valence-electron chi connectivity index (χ2n) is 12.6. The van der Waals surface area contributed by atoms with Gasteiger partial charge in [0.1, 0.15) is 36.6 Å². The molecule has 8 N–H and O–H groups in total. The van der Waals surface area contributed by atoms with Crippen LogP contribution in [0, 0.1) is 0 Å². The number of hydrogen-bond donors (Lipinski definition) is 8. The van der Waals surface area contributed by atoms with Crippen molar-refractivity contribution in [3.05, 3.63) is 12.2 Å². The molecular formula is C34H65NO10. The van der Waals surface area contributed by atoms with Crippen molar-refractivity contribution in [2.75, 3.05) is 13.2 Å². The van der Waals surface area contributed by atoms with Gasteiger partial charge in [-0.2, -0.15) is 0 Å². The predicted octanol–water partition coefficient (Wildman–Crippen LogP) is 2.99. The number of carbonyl (C=O) groups is 1. The summed E-state index contributed by atoms with van der Waals surface area (Å²) in [7, 11) is 0. The number of ether oxygens (including phenoxy) is 2. The average molecular weight is 648 g/mol. The Hall–Kier alpha value is -1.15. The van der Waals surface area contributed by atoms with Gasteiger partial charge in [-0.25, -0.2) is 0 Å². The van der Waals surface area contributed by atoms with Gasteiger partial charge in [0.2, 0.25) is 5.91 Å². The Kier molecular flexibility index (Phi) is 24.1. The Balaban J connectivity index is 2.67. The van der Waals surface area contributed by atoms with Gasteiger partial charge in [-0.3, -0.25) is 4.79 Å². The number of rotatable bonds is 27. The summed E-state index contributed by atoms with van der Waals surface area (Å²) >= 11 is 0. The van der Waals surface area contributed by atoms with E-state index in [0.29, 0.717) is 12.8 Å². The van der Waals surface area contributed by atoms with Crippen molar-refractivity contribution >= 4 is 5.91 Å². The van der Waals surface area contributed by atoms with E-state index in [4.69, 9.17) is 9.47 Å². The highest BCUT2D eigenvalue weighted by atomic mass is 16.7. The lowest BCUT2D eigenvalue weighted by Crippen LogP contribution is -2.60. The van der Waals surface area contributed by atoms with Crippen molar-refractivity contribution in [1.29, 1.82) is 0 Å². The summed E-state index contributed by atoms with van der Waals surface area (Å²) < 4.78 is 11.0. The molecule has 0 spiro atoms. The Morgan fingerprint density at radius 1 is 0.756 bits per heavy atom. The van der Waals surface area contributed by atoms with Crippen LogP contribution in [0.25, 0.3) is 0 Å². The molecule has 0 aliphatic carbocycles. The van der Waals surface area contributed by atoms with Crippen LogP contribution in [0.3, 0.4) is 0 Å². The number of aliphatic hydroxyl groups is 7. The molecule has 1 aliphatic heterocycles. The Bertz CT molecular complexity index is 754. The zero-order valence-electron chi connectivity index (χ0n) is 27.8. The zero-order chi connectivity index (χ0) is 33.5. The molecule has 11 heteroatoms. The van der Waals surface area contributed by atoms with E-state index in [2.05, 4.69) is 31.3 Å². The number of hydrogen-bond acceptors (Lipinski definition) is 10. The first-order chi connectivity index (χ1) is 21.7. The highest BCUT2D eigenvalue weighted by Gasteiger charge is 2.44. The fourth-order valence-electron chi connectivity index (χ4n) is 5.50. The van der Waals surface area contributed by atoms with Crippen LogP contribution < -0.4 is 5.32 Å². The van der Waals surface area contributed by atoms with Crippen LogP contribution in [0.4, 0.5) is 0 Å². The molecular weight excluding hydrogens is 582 g/mol. The first-order valence-electron chi connectivity index (χ1n) is 17.6. The Morgan fingerprint density at radius 2 is 1.31 bits per heavy atom. The quantitative estimate of drug-likeness (QED) is 0.0486. The van der Waals surface area contributed by atoms with E-state index in [0.717, 1.165) is 38.5 Å². The van der Waals surface area contributed by atoms with E-state index in [1.54, 1.807) is 0 Å². The SMILES string of the molecule is CCCCCCC/C=C/CCCC(O)C(O)C(COC1OC(CO)C(O)C(O)C1O)NC(=O)C(O)CCCCCCCCCC. The second kappa shape index (κ2) is 25.9. The maximum atomic E-state index is 12.9. The number of unbranched alkanes of at least 4 members (excludes halogenated alkanes) is 13. The van der Waals surface area contributed by atoms with Crippen molar-refractivity contribution in [2.45, 2.75) is 184 Å². The molecule has 1 saturated heterocycles. The van der Waals surface area contributed by atoms with Crippen molar-refractivity contribution in [3.63, 3.8) is 0 Å². The summed E-state index contributed by atoms with van der Waals surface area (Å²) in [6, 6.07) is -1.17. The van der Waals surface area contributed by atoms with Crippen molar-refractivity contribution in [2.24, 2.45) is 0 Å². The zero-order valence-corrected chi connectivity index (χ0v) is 27.8. The monoisotopic (exact) mass is 647 g/mol. The van der Waals surface area contributed by atoms with Gasteiger partial charge >= 0.3 is 0 Å². The molecule has 9 unspecified atom stereocenters. The maximum Gasteiger partial charge on any atom is 0.249 e.